The second kappa shape index (κ2) is 11.6. The molecule has 6 aliphatic rings. The van der Waals surface area contributed by atoms with E-state index in [1.807, 2.05) is 96.3 Å². The van der Waals surface area contributed by atoms with E-state index in [4.69, 9.17) is 0 Å². The standard InChI is InChI=1S/C50H36O4S2/c51-43-33-19-27-11-3-4-12-28(27)20-34(33)44(52)37(43)23-31-24-39-41(49(31)15-7-1-8-16-49)48-42(50(39)17-9-2-10-18-50)47-40(56-48)26-32(55-47)25-38-45(53)35-21-29-13-5-6-14-30(29)22-36(35)46(38)54/h3-6,11-14,19-26H,1-2,7-10,15-18H2. The number of carbonyl (C=O) groups is 4. The Morgan fingerprint density at radius 3 is 1.48 bits per heavy atom. The van der Waals surface area contributed by atoms with Crippen molar-refractivity contribution in [1.29, 1.82) is 0 Å². The molecule has 0 atom stereocenters. The first-order chi connectivity index (χ1) is 27.3. The van der Waals surface area contributed by atoms with E-state index in [9.17, 15) is 19.2 Å². The summed E-state index contributed by atoms with van der Waals surface area (Å²) in [5.74, 6) is -0.694. The van der Waals surface area contributed by atoms with E-state index < -0.39 is 0 Å². The van der Waals surface area contributed by atoms with Crippen molar-refractivity contribution in [2.24, 2.45) is 5.41 Å². The maximum atomic E-state index is 14.1. The Hall–Kier alpha value is -5.30. The van der Waals surface area contributed by atoms with Gasteiger partial charge in [0.25, 0.3) is 0 Å². The van der Waals surface area contributed by atoms with Crippen molar-refractivity contribution >= 4 is 88.4 Å². The monoisotopic (exact) mass is 764 g/mol. The lowest BCUT2D eigenvalue weighted by Gasteiger charge is -2.38. The van der Waals surface area contributed by atoms with Crippen molar-refractivity contribution in [2.45, 2.75) is 69.6 Å². The normalized spacial score (nSPS) is 20.5. The van der Waals surface area contributed by atoms with Gasteiger partial charge in [-0.3, -0.25) is 19.2 Å². The zero-order valence-electron chi connectivity index (χ0n) is 30.8. The molecule has 56 heavy (non-hydrogen) atoms. The Balaban J connectivity index is 0.972. The molecular formula is C50H36O4S2. The van der Waals surface area contributed by atoms with Gasteiger partial charge in [-0.15, -0.1) is 22.7 Å². The van der Waals surface area contributed by atoms with Crippen LogP contribution in [0.25, 0.3) is 42.6 Å². The number of benzene rings is 4. The summed E-state index contributed by atoms with van der Waals surface area (Å²) in [4.78, 5) is 57.9. The maximum absolute atomic E-state index is 14.1. The molecule has 272 valence electrons. The lowest BCUT2D eigenvalue weighted by atomic mass is 9.66. The van der Waals surface area contributed by atoms with Crippen molar-refractivity contribution in [2.75, 3.05) is 0 Å². The van der Waals surface area contributed by atoms with E-state index in [1.165, 1.54) is 43.8 Å². The third-order valence-electron chi connectivity index (χ3n) is 13.9. The summed E-state index contributed by atoms with van der Waals surface area (Å²) in [7, 11) is 0. The Labute approximate surface area is 331 Å². The molecular weight excluding hydrogens is 729 g/mol. The number of ketones is 4. The van der Waals surface area contributed by atoms with Crippen molar-refractivity contribution < 1.29 is 19.2 Å². The van der Waals surface area contributed by atoms with Gasteiger partial charge in [0.05, 0.1) is 15.8 Å². The fourth-order valence-electron chi connectivity index (χ4n) is 11.3. The summed E-state index contributed by atoms with van der Waals surface area (Å²) in [6.45, 7) is 0. The van der Waals surface area contributed by atoms with Crippen LogP contribution in [0.2, 0.25) is 0 Å². The SMILES string of the molecule is O=C1C(=CC2=CC3=C(c4sc5cc(C=C6C(=O)c7cc8ccccc8cc7C6=O)sc5c4C34CCCCC4)C23CCCCC3)C(=O)c2cc3ccccc3cc21. The van der Waals surface area contributed by atoms with Crippen molar-refractivity contribution in [3.8, 4) is 0 Å². The molecule has 6 aliphatic carbocycles. The van der Waals surface area contributed by atoms with Gasteiger partial charge >= 0.3 is 0 Å². The summed E-state index contributed by atoms with van der Waals surface area (Å²) in [5, 5.41) is 3.87. The third-order valence-corrected chi connectivity index (χ3v) is 16.3. The molecule has 4 aromatic carbocycles. The zero-order chi connectivity index (χ0) is 37.5. The second-order valence-corrected chi connectivity index (χ2v) is 18.9. The summed E-state index contributed by atoms with van der Waals surface area (Å²) in [6, 6.07) is 25.5. The van der Waals surface area contributed by atoms with Gasteiger partial charge in [-0.1, -0.05) is 93.1 Å². The fraction of sp³-hybridized carbons (Fsp3) is 0.240. The fourth-order valence-corrected chi connectivity index (χ4v) is 14.3. The Morgan fingerprint density at radius 1 is 0.518 bits per heavy atom. The van der Waals surface area contributed by atoms with Gasteiger partial charge in [-0.25, -0.2) is 0 Å². The van der Waals surface area contributed by atoms with E-state index in [2.05, 4.69) is 12.1 Å². The van der Waals surface area contributed by atoms with Crippen LogP contribution in [0.3, 0.4) is 0 Å². The van der Waals surface area contributed by atoms with Crippen molar-refractivity contribution in [3.05, 3.63) is 151 Å². The summed E-state index contributed by atoms with van der Waals surface area (Å²) < 4.78 is 2.50. The highest BCUT2D eigenvalue weighted by atomic mass is 32.1. The van der Waals surface area contributed by atoms with Crippen LogP contribution in [0, 0.1) is 5.41 Å². The molecule has 6 heteroatoms. The van der Waals surface area contributed by atoms with Crippen molar-refractivity contribution in [3.63, 3.8) is 0 Å². The predicted molar refractivity (Wildman–Crippen MR) is 226 cm³/mol. The summed E-state index contributed by atoms with van der Waals surface area (Å²) in [5.41, 5.74) is 7.72. The number of thiophene rings is 2. The Morgan fingerprint density at radius 2 is 0.982 bits per heavy atom. The minimum Gasteiger partial charge on any atom is -0.288 e. The molecule has 2 heterocycles. The molecule has 2 fully saturated rings. The van der Waals surface area contributed by atoms with Crippen LogP contribution in [0.15, 0.2) is 113 Å². The van der Waals surface area contributed by atoms with Crippen LogP contribution >= 0.6 is 22.7 Å². The largest absolute Gasteiger partial charge is 0.288 e. The topological polar surface area (TPSA) is 68.3 Å². The highest BCUT2D eigenvalue weighted by Gasteiger charge is 2.56. The molecule has 0 unspecified atom stereocenters. The first-order valence-electron chi connectivity index (χ1n) is 20.1. The molecule has 0 amide bonds. The van der Waals surface area contributed by atoms with Crippen LogP contribution in [-0.4, -0.2) is 23.1 Å². The lowest BCUT2D eigenvalue weighted by molar-refractivity contribution is 0.0974. The van der Waals surface area contributed by atoms with Gasteiger partial charge in [-0.2, -0.15) is 0 Å². The molecule has 0 N–H and O–H groups in total. The molecule has 2 saturated carbocycles. The minimum atomic E-state index is -0.230. The molecule has 12 rings (SSSR count). The molecule has 0 radical (unpaired) electrons. The Bertz CT molecular complexity index is 2880. The van der Waals surface area contributed by atoms with E-state index >= 15 is 0 Å². The van der Waals surface area contributed by atoms with Gasteiger partial charge in [0, 0.05) is 47.5 Å². The number of Topliss-reactive ketones (excluding diaryl/α,β-unsaturated/α-hetero) is 4. The second-order valence-electron chi connectivity index (χ2n) is 16.7. The van der Waals surface area contributed by atoms with Gasteiger partial charge in [0.15, 0.2) is 23.1 Å². The number of allylic oxidation sites excluding steroid dienone is 7. The molecule has 6 aromatic rings. The van der Waals surface area contributed by atoms with Gasteiger partial charge in [0.2, 0.25) is 0 Å². The number of rotatable bonds is 2. The highest BCUT2D eigenvalue weighted by Crippen LogP contribution is 2.70. The predicted octanol–water partition coefficient (Wildman–Crippen LogP) is 12.6. The van der Waals surface area contributed by atoms with Crippen LogP contribution in [0.1, 0.15) is 121 Å². The van der Waals surface area contributed by atoms with Gasteiger partial charge in [-0.05, 0) is 112 Å². The smallest absolute Gasteiger partial charge is 0.197 e. The molecule has 2 aromatic heterocycles. The highest BCUT2D eigenvalue weighted by molar-refractivity contribution is 7.29. The zero-order valence-corrected chi connectivity index (χ0v) is 32.4. The first-order valence-corrected chi connectivity index (χ1v) is 21.7. The van der Waals surface area contributed by atoms with E-state index in [0.717, 1.165) is 83.4 Å². The van der Waals surface area contributed by atoms with Gasteiger partial charge < -0.3 is 0 Å². The van der Waals surface area contributed by atoms with Crippen LogP contribution in [0.4, 0.5) is 0 Å². The minimum absolute atomic E-state index is 0.124. The van der Waals surface area contributed by atoms with Crippen LogP contribution in [0.5, 0.6) is 0 Å². The number of fused-ring (bicyclic) bond motifs is 11. The average Bonchev–Trinajstić information content (AvgIpc) is 4.01. The number of hydrogen-bond acceptors (Lipinski definition) is 6. The molecule has 0 bridgehead atoms. The molecule has 0 aliphatic heterocycles. The number of hydrogen-bond donors (Lipinski definition) is 0. The first kappa shape index (κ1) is 32.9. The van der Waals surface area contributed by atoms with Crippen molar-refractivity contribution in [1.82, 2.24) is 0 Å². The Kier molecular flexibility index (Phi) is 6.83. The van der Waals surface area contributed by atoms with Crippen LogP contribution < -0.4 is 0 Å². The van der Waals surface area contributed by atoms with E-state index in [0.29, 0.717) is 27.8 Å². The van der Waals surface area contributed by atoms with E-state index in [-0.39, 0.29) is 39.5 Å². The summed E-state index contributed by atoms with van der Waals surface area (Å²) >= 11 is 3.60. The molecule has 4 nitrogen and oxygen atoms in total. The van der Waals surface area contributed by atoms with E-state index in [1.54, 1.807) is 11.3 Å². The van der Waals surface area contributed by atoms with Crippen LogP contribution in [-0.2, 0) is 5.41 Å². The summed E-state index contributed by atoms with van der Waals surface area (Å²) in [6.07, 6.45) is 17.4. The molecule has 0 saturated heterocycles. The number of carbonyl (C=O) groups excluding carboxylic acids is 4. The maximum Gasteiger partial charge on any atom is 0.197 e. The molecule has 2 spiro atoms. The lowest BCUT2D eigenvalue weighted by Crippen LogP contribution is -2.28. The third kappa shape index (κ3) is 4.29. The average molecular weight is 765 g/mol. The quantitative estimate of drug-likeness (QED) is 0.130. The van der Waals surface area contributed by atoms with Gasteiger partial charge in [0.1, 0.15) is 0 Å².